The van der Waals surface area contributed by atoms with Crippen molar-refractivity contribution in [3.05, 3.63) is 105 Å². The fourth-order valence-electron chi connectivity index (χ4n) is 8.44. The quantitative estimate of drug-likeness (QED) is 0.128. The number of hydrogen-bond donors (Lipinski definition) is 2. The van der Waals surface area contributed by atoms with Gasteiger partial charge >= 0.3 is 23.9 Å². The van der Waals surface area contributed by atoms with Crippen LogP contribution in [0.25, 0.3) is 0 Å². The van der Waals surface area contributed by atoms with Crippen molar-refractivity contribution in [3.63, 3.8) is 0 Å². The van der Waals surface area contributed by atoms with E-state index in [1.165, 1.54) is 39.8 Å². The van der Waals surface area contributed by atoms with Crippen LogP contribution in [-0.2, 0) is 45.6 Å². The van der Waals surface area contributed by atoms with Gasteiger partial charge in [0.25, 0.3) is 0 Å². The number of hydrogen-bond acceptors (Lipinski definition) is 11. The second-order valence-corrected chi connectivity index (χ2v) is 20.8. The van der Waals surface area contributed by atoms with Gasteiger partial charge in [0.15, 0.2) is 0 Å². The van der Waals surface area contributed by atoms with Gasteiger partial charge in [-0.05, 0) is 115 Å². The fraction of sp³-hybridized carbons (Fsp3) is 0.462. The zero-order valence-electron chi connectivity index (χ0n) is 39.7. The van der Waals surface area contributed by atoms with E-state index in [2.05, 4.69) is 0 Å². The van der Waals surface area contributed by atoms with Gasteiger partial charge in [-0.15, -0.1) is 0 Å². The van der Waals surface area contributed by atoms with Gasteiger partial charge in [-0.2, -0.15) is 0 Å². The molecule has 5 rings (SSSR count). The molecule has 1 heterocycles. The van der Waals surface area contributed by atoms with Gasteiger partial charge in [0, 0.05) is 51.7 Å². The van der Waals surface area contributed by atoms with Gasteiger partial charge in [-0.3, -0.25) is 19.2 Å². The van der Waals surface area contributed by atoms with E-state index in [1.54, 1.807) is 24.3 Å². The summed E-state index contributed by atoms with van der Waals surface area (Å²) in [4.78, 5) is 50.0. The predicted molar refractivity (Wildman–Crippen MR) is 241 cm³/mol. The van der Waals surface area contributed by atoms with Gasteiger partial charge in [-0.25, -0.2) is 0 Å². The Balaban J connectivity index is 2.03. The SMILES string of the molecule is CC(=O)Oc1cc(OC(C)=O)cc([C@@H]2[C@H](c3cc(OC(C)=O)cc(OC(C)=O)c3)[C@@H](c3cc(C(C)(C)C)c(O)c(C(C)(C)C)c3)O[C@H]2c2cc(C(C)(C)C)c(O)c(C(C)(C)C)c2)c1. The molecule has 1 aliphatic rings. The molecule has 63 heavy (non-hydrogen) atoms. The third-order valence-electron chi connectivity index (χ3n) is 11.1. The summed E-state index contributed by atoms with van der Waals surface area (Å²) < 4.78 is 30.2. The topological polar surface area (TPSA) is 155 Å². The maximum absolute atomic E-state index is 12.5. The lowest BCUT2D eigenvalue weighted by atomic mass is 9.72. The van der Waals surface area contributed by atoms with Crippen molar-refractivity contribution in [1.82, 2.24) is 0 Å². The molecule has 4 aromatic carbocycles. The molecular weight excluding hydrogens is 801 g/mol. The van der Waals surface area contributed by atoms with Crippen molar-refractivity contribution in [2.24, 2.45) is 0 Å². The van der Waals surface area contributed by atoms with Crippen molar-refractivity contribution in [2.45, 2.75) is 156 Å². The molecule has 1 aliphatic heterocycles. The smallest absolute Gasteiger partial charge is 0.308 e. The van der Waals surface area contributed by atoms with Crippen molar-refractivity contribution >= 4 is 23.9 Å². The third-order valence-corrected chi connectivity index (χ3v) is 11.1. The van der Waals surface area contributed by atoms with E-state index in [0.717, 1.165) is 11.1 Å². The normalized spacial score (nSPS) is 18.2. The monoisotopic (exact) mass is 864 g/mol. The van der Waals surface area contributed by atoms with Crippen LogP contribution in [0.3, 0.4) is 0 Å². The van der Waals surface area contributed by atoms with Crippen LogP contribution in [-0.4, -0.2) is 34.1 Å². The van der Waals surface area contributed by atoms with E-state index < -0.39 is 69.6 Å². The number of rotatable bonds is 8. The maximum atomic E-state index is 12.5. The van der Waals surface area contributed by atoms with E-state index in [-0.39, 0.29) is 34.5 Å². The molecular formula is C52H64O11. The predicted octanol–water partition coefficient (Wildman–Crippen LogP) is 11.4. The summed E-state index contributed by atoms with van der Waals surface area (Å²) in [6, 6.07) is 17.6. The Kier molecular flexibility index (Phi) is 13.4. The highest BCUT2D eigenvalue weighted by Gasteiger charge is 2.49. The number of benzene rings is 4. The average molecular weight is 865 g/mol. The van der Waals surface area contributed by atoms with E-state index >= 15 is 0 Å². The number of esters is 4. The van der Waals surface area contributed by atoms with Crippen LogP contribution in [0.1, 0.15) is 179 Å². The first-order valence-electron chi connectivity index (χ1n) is 21.3. The number of carbonyl (C=O) groups excluding carboxylic acids is 4. The second-order valence-electron chi connectivity index (χ2n) is 20.8. The number of phenols is 2. The zero-order chi connectivity index (χ0) is 47.3. The minimum absolute atomic E-state index is 0.123. The number of ether oxygens (including phenoxy) is 5. The van der Waals surface area contributed by atoms with Crippen LogP contribution >= 0.6 is 0 Å². The summed E-state index contributed by atoms with van der Waals surface area (Å²) >= 11 is 0. The minimum atomic E-state index is -0.819. The van der Waals surface area contributed by atoms with Crippen LogP contribution < -0.4 is 18.9 Å². The van der Waals surface area contributed by atoms with Gasteiger partial charge < -0.3 is 33.9 Å². The third kappa shape index (κ3) is 11.1. The Morgan fingerprint density at radius 2 is 0.619 bits per heavy atom. The highest BCUT2D eigenvalue weighted by Crippen LogP contribution is 2.61. The largest absolute Gasteiger partial charge is 0.507 e. The number of phenolic OH excluding ortho intramolecular Hbond substituents is 2. The van der Waals surface area contributed by atoms with Crippen LogP contribution in [0.4, 0.5) is 0 Å². The first-order chi connectivity index (χ1) is 28.8. The van der Waals surface area contributed by atoms with Crippen LogP contribution in [0, 0.1) is 0 Å². The molecule has 0 aromatic heterocycles. The molecule has 11 heteroatoms. The molecule has 0 aliphatic carbocycles. The molecule has 338 valence electrons. The molecule has 11 nitrogen and oxygen atoms in total. The molecule has 0 unspecified atom stereocenters. The van der Waals surface area contributed by atoms with Crippen LogP contribution in [0.15, 0.2) is 60.7 Å². The second kappa shape index (κ2) is 17.5. The highest BCUT2D eigenvalue weighted by atomic mass is 16.6. The van der Waals surface area contributed by atoms with Crippen LogP contribution in [0.2, 0.25) is 0 Å². The van der Waals surface area contributed by atoms with E-state index in [9.17, 15) is 29.4 Å². The molecule has 2 N–H and O–H groups in total. The summed E-state index contributed by atoms with van der Waals surface area (Å²) in [5.74, 6) is -2.95. The maximum Gasteiger partial charge on any atom is 0.308 e. The molecule has 0 saturated carbocycles. The van der Waals surface area contributed by atoms with Crippen molar-refractivity contribution in [3.8, 4) is 34.5 Å². The van der Waals surface area contributed by atoms with E-state index in [4.69, 9.17) is 23.7 Å². The minimum Gasteiger partial charge on any atom is -0.507 e. The van der Waals surface area contributed by atoms with Crippen LogP contribution in [0.5, 0.6) is 34.5 Å². The Morgan fingerprint density at radius 1 is 0.397 bits per heavy atom. The Bertz CT molecular complexity index is 2120. The lowest BCUT2D eigenvalue weighted by Gasteiger charge is -2.31. The van der Waals surface area contributed by atoms with Gasteiger partial charge in [0.1, 0.15) is 34.5 Å². The Morgan fingerprint density at radius 3 is 0.810 bits per heavy atom. The molecule has 0 bridgehead atoms. The van der Waals surface area contributed by atoms with Crippen molar-refractivity contribution in [1.29, 1.82) is 0 Å². The number of carbonyl (C=O) groups is 4. The molecule has 0 spiro atoms. The van der Waals surface area contributed by atoms with Crippen molar-refractivity contribution < 1.29 is 53.1 Å². The summed E-state index contributed by atoms with van der Waals surface area (Å²) in [7, 11) is 0. The molecule has 1 saturated heterocycles. The van der Waals surface area contributed by atoms with Gasteiger partial charge in [0.2, 0.25) is 0 Å². The molecule has 4 aromatic rings. The highest BCUT2D eigenvalue weighted by molar-refractivity contribution is 5.73. The van der Waals surface area contributed by atoms with E-state index in [0.29, 0.717) is 33.4 Å². The summed E-state index contributed by atoms with van der Waals surface area (Å²) in [6.07, 6.45) is -1.64. The van der Waals surface area contributed by atoms with Crippen molar-refractivity contribution in [2.75, 3.05) is 0 Å². The zero-order valence-corrected chi connectivity index (χ0v) is 39.7. The Hall–Kier alpha value is -5.68. The Labute approximate surface area is 372 Å². The van der Waals surface area contributed by atoms with E-state index in [1.807, 2.05) is 107 Å². The first-order valence-corrected chi connectivity index (χ1v) is 21.3. The fourth-order valence-corrected chi connectivity index (χ4v) is 8.44. The van der Waals surface area contributed by atoms with Gasteiger partial charge in [0.05, 0.1) is 12.2 Å². The molecule has 0 amide bonds. The number of aromatic hydroxyl groups is 2. The first kappa shape index (κ1) is 48.4. The van der Waals surface area contributed by atoms with Gasteiger partial charge in [-0.1, -0.05) is 83.1 Å². The molecule has 4 atom stereocenters. The molecule has 1 fully saturated rings. The molecule has 0 radical (unpaired) electrons. The average Bonchev–Trinajstić information content (AvgIpc) is 3.49. The summed E-state index contributed by atoms with van der Waals surface area (Å²) in [6.45, 7) is 29.4. The standard InChI is InChI=1S/C52H64O11/c1-27(53)59-35-17-31(18-36(25-35)60-28(2)54)43-44(32-19-37(61-29(3)55)26-38(20-32)62-30(4)56)48(34-23-41(51(11,12)13)46(58)42(24-34)52(14,15)16)63-47(43)33-21-39(49(5,6)7)45(57)40(22-33)50(8,9)10/h17-26,43-44,47-48,57-58H,1-16H3/t43-,44+,47+,48-. The summed E-state index contributed by atoms with van der Waals surface area (Å²) in [5.41, 5.74) is 3.33. The lowest BCUT2D eigenvalue weighted by molar-refractivity contribution is -0.133. The lowest BCUT2D eigenvalue weighted by Crippen LogP contribution is -2.20. The summed E-state index contributed by atoms with van der Waals surface area (Å²) in [5, 5.41) is 23.8.